The molecule has 0 N–H and O–H groups in total. The highest BCUT2D eigenvalue weighted by Gasteiger charge is 2.15. The first kappa shape index (κ1) is 14.1. The number of esters is 1. The molecule has 3 heteroatoms. The topological polar surface area (TPSA) is 35.5 Å². The zero-order valence-electron chi connectivity index (χ0n) is 12.2. The molecule has 104 valence electrons. The van der Waals surface area contributed by atoms with Gasteiger partial charge >= 0.3 is 5.97 Å². The zero-order chi connectivity index (χ0) is 14.7. The van der Waals surface area contributed by atoms with Gasteiger partial charge in [-0.15, -0.1) is 0 Å². The Bertz CT molecular complexity index is 630. The molecule has 2 aromatic carbocycles. The predicted octanol–water partition coefficient (Wildman–Crippen LogP) is 3.84. The van der Waals surface area contributed by atoms with Gasteiger partial charge in [0.25, 0.3) is 0 Å². The molecule has 3 nitrogen and oxygen atoms in total. The SMILES string of the molecule is COc1c(C)cc(OC(=O)c2ccccc2)c(C)c1C. The van der Waals surface area contributed by atoms with Crippen LogP contribution in [-0.4, -0.2) is 13.1 Å². The van der Waals surface area contributed by atoms with E-state index in [0.29, 0.717) is 11.3 Å². The van der Waals surface area contributed by atoms with Crippen molar-refractivity contribution < 1.29 is 14.3 Å². The van der Waals surface area contributed by atoms with Gasteiger partial charge in [0, 0.05) is 0 Å². The number of ether oxygens (including phenoxy) is 2. The first-order chi connectivity index (χ1) is 9.54. The largest absolute Gasteiger partial charge is 0.496 e. The minimum Gasteiger partial charge on any atom is -0.496 e. The predicted molar refractivity (Wildman–Crippen MR) is 78.6 cm³/mol. The summed E-state index contributed by atoms with van der Waals surface area (Å²) in [5.74, 6) is 1.06. The van der Waals surface area contributed by atoms with Crippen molar-refractivity contribution in [2.75, 3.05) is 7.11 Å². The maximum Gasteiger partial charge on any atom is 0.343 e. The summed E-state index contributed by atoms with van der Waals surface area (Å²) in [6.45, 7) is 5.82. The van der Waals surface area contributed by atoms with Crippen LogP contribution < -0.4 is 9.47 Å². The van der Waals surface area contributed by atoms with Crippen LogP contribution in [-0.2, 0) is 0 Å². The summed E-state index contributed by atoms with van der Waals surface area (Å²) in [5.41, 5.74) is 3.39. The molecular formula is C17H18O3. The molecule has 0 saturated heterocycles. The van der Waals surface area contributed by atoms with Gasteiger partial charge in [-0.2, -0.15) is 0 Å². The number of aryl methyl sites for hydroxylation is 1. The van der Waals surface area contributed by atoms with Crippen LogP contribution in [0, 0.1) is 20.8 Å². The number of hydrogen-bond acceptors (Lipinski definition) is 3. The van der Waals surface area contributed by atoms with E-state index in [1.54, 1.807) is 19.2 Å². The molecule has 2 aromatic rings. The summed E-state index contributed by atoms with van der Waals surface area (Å²) >= 11 is 0. The minimum atomic E-state index is -0.349. The van der Waals surface area contributed by atoms with Crippen molar-refractivity contribution in [3.8, 4) is 11.5 Å². The Morgan fingerprint density at radius 1 is 1.00 bits per heavy atom. The highest BCUT2D eigenvalue weighted by Crippen LogP contribution is 2.33. The van der Waals surface area contributed by atoms with Gasteiger partial charge in [-0.1, -0.05) is 18.2 Å². The van der Waals surface area contributed by atoms with Crippen LogP contribution in [0.4, 0.5) is 0 Å². The summed E-state index contributed by atoms with van der Waals surface area (Å²) < 4.78 is 10.9. The number of hydrogen-bond donors (Lipinski definition) is 0. The minimum absolute atomic E-state index is 0.349. The Morgan fingerprint density at radius 2 is 1.65 bits per heavy atom. The van der Waals surface area contributed by atoms with Gasteiger partial charge in [-0.3, -0.25) is 0 Å². The quantitative estimate of drug-likeness (QED) is 0.628. The molecule has 0 aliphatic carbocycles. The van der Waals surface area contributed by atoms with Gasteiger partial charge in [0.1, 0.15) is 11.5 Å². The van der Waals surface area contributed by atoms with E-state index in [1.165, 1.54) is 0 Å². The zero-order valence-corrected chi connectivity index (χ0v) is 12.2. The van der Waals surface area contributed by atoms with Gasteiger partial charge in [0.05, 0.1) is 12.7 Å². The fourth-order valence-corrected chi connectivity index (χ4v) is 2.17. The fraction of sp³-hybridized carbons (Fsp3) is 0.235. The summed E-state index contributed by atoms with van der Waals surface area (Å²) in [5, 5.41) is 0. The maximum absolute atomic E-state index is 12.1. The second-order valence-electron chi connectivity index (χ2n) is 4.73. The molecule has 0 spiro atoms. The number of carbonyl (C=O) groups excluding carboxylic acids is 1. The van der Waals surface area contributed by atoms with E-state index in [0.717, 1.165) is 22.4 Å². The van der Waals surface area contributed by atoms with Crippen LogP contribution in [0.1, 0.15) is 27.0 Å². The van der Waals surface area contributed by atoms with Crippen LogP contribution in [0.3, 0.4) is 0 Å². The number of carbonyl (C=O) groups is 1. The Morgan fingerprint density at radius 3 is 2.25 bits per heavy atom. The lowest BCUT2D eigenvalue weighted by Gasteiger charge is -2.15. The van der Waals surface area contributed by atoms with Crippen molar-refractivity contribution in [3.63, 3.8) is 0 Å². The lowest BCUT2D eigenvalue weighted by molar-refractivity contribution is 0.0733. The van der Waals surface area contributed by atoms with E-state index in [9.17, 15) is 4.79 Å². The first-order valence-corrected chi connectivity index (χ1v) is 6.46. The van der Waals surface area contributed by atoms with Gasteiger partial charge in [0.2, 0.25) is 0 Å². The van der Waals surface area contributed by atoms with Crippen LogP contribution in [0.2, 0.25) is 0 Å². The van der Waals surface area contributed by atoms with Gasteiger partial charge in [0.15, 0.2) is 0 Å². The van der Waals surface area contributed by atoms with E-state index in [1.807, 2.05) is 45.0 Å². The van der Waals surface area contributed by atoms with E-state index < -0.39 is 0 Å². The third kappa shape index (κ3) is 2.67. The molecule has 0 amide bonds. The third-order valence-electron chi connectivity index (χ3n) is 3.39. The monoisotopic (exact) mass is 270 g/mol. The van der Waals surface area contributed by atoms with Crippen molar-refractivity contribution in [1.82, 2.24) is 0 Å². The Hall–Kier alpha value is -2.29. The molecule has 2 rings (SSSR count). The van der Waals surface area contributed by atoms with Crippen LogP contribution in [0.5, 0.6) is 11.5 Å². The standard InChI is InChI=1S/C17H18O3/c1-11-10-15(12(2)13(3)16(11)19-4)20-17(18)14-8-6-5-7-9-14/h5-10H,1-4H3. The lowest BCUT2D eigenvalue weighted by atomic mass is 10.0. The Kier molecular flexibility index (Phi) is 4.08. The molecule has 20 heavy (non-hydrogen) atoms. The fourth-order valence-electron chi connectivity index (χ4n) is 2.17. The molecule has 0 atom stereocenters. The van der Waals surface area contributed by atoms with Crippen LogP contribution >= 0.6 is 0 Å². The molecule has 0 aliphatic heterocycles. The van der Waals surface area contributed by atoms with E-state index in [2.05, 4.69) is 0 Å². The molecule has 0 heterocycles. The Balaban J connectivity index is 2.33. The average Bonchev–Trinajstić information content (AvgIpc) is 2.46. The summed E-state index contributed by atoms with van der Waals surface area (Å²) in [4.78, 5) is 12.1. The second-order valence-corrected chi connectivity index (χ2v) is 4.73. The molecule has 0 aliphatic rings. The van der Waals surface area contributed by atoms with Crippen molar-refractivity contribution in [1.29, 1.82) is 0 Å². The molecule has 0 aromatic heterocycles. The Labute approximate surface area is 119 Å². The van der Waals surface area contributed by atoms with E-state index >= 15 is 0 Å². The summed E-state index contributed by atoms with van der Waals surface area (Å²) in [6, 6.07) is 10.8. The van der Waals surface area contributed by atoms with Crippen molar-refractivity contribution >= 4 is 5.97 Å². The molecule has 0 fully saturated rings. The summed E-state index contributed by atoms with van der Waals surface area (Å²) in [6.07, 6.45) is 0. The summed E-state index contributed by atoms with van der Waals surface area (Å²) in [7, 11) is 1.64. The van der Waals surface area contributed by atoms with Crippen LogP contribution in [0.15, 0.2) is 36.4 Å². The maximum atomic E-state index is 12.1. The van der Waals surface area contributed by atoms with Gasteiger partial charge in [-0.25, -0.2) is 4.79 Å². The third-order valence-corrected chi connectivity index (χ3v) is 3.39. The number of methoxy groups -OCH3 is 1. The van der Waals surface area contributed by atoms with Crippen molar-refractivity contribution in [3.05, 3.63) is 58.7 Å². The second kappa shape index (κ2) is 5.78. The van der Waals surface area contributed by atoms with E-state index in [-0.39, 0.29) is 5.97 Å². The average molecular weight is 270 g/mol. The molecule has 0 unspecified atom stereocenters. The van der Waals surface area contributed by atoms with Gasteiger partial charge < -0.3 is 9.47 Å². The molecule has 0 radical (unpaired) electrons. The van der Waals surface area contributed by atoms with Crippen LogP contribution in [0.25, 0.3) is 0 Å². The van der Waals surface area contributed by atoms with Crippen molar-refractivity contribution in [2.45, 2.75) is 20.8 Å². The normalized spacial score (nSPS) is 10.2. The first-order valence-electron chi connectivity index (χ1n) is 6.46. The van der Waals surface area contributed by atoms with E-state index in [4.69, 9.17) is 9.47 Å². The molecular weight excluding hydrogens is 252 g/mol. The molecule has 0 saturated carbocycles. The highest BCUT2D eigenvalue weighted by molar-refractivity contribution is 5.91. The number of benzene rings is 2. The van der Waals surface area contributed by atoms with Gasteiger partial charge in [-0.05, 0) is 55.7 Å². The number of rotatable bonds is 3. The van der Waals surface area contributed by atoms with Crippen molar-refractivity contribution in [2.24, 2.45) is 0 Å². The molecule has 0 bridgehead atoms. The smallest absolute Gasteiger partial charge is 0.343 e. The lowest BCUT2D eigenvalue weighted by Crippen LogP contribution is -2.10. The highest BCUT2D eigenvalue weighted by atomic mass is 16.5.